The number of fused-ring (bicyclic) bond motifs is 4. The van der Waals surface area contributed by atoms with E-state index in [1.165, 1.54) is 7.11 Å². The van der Waals surface area contributed by atoms with E-state index in [1.807, 2.05) is 28.1 Å². The van der Waals surface area contributed by atoms with Crippen molar-refractivity contribution in [3.63, 3.8) is 0 Å². The van der Waals surface area contributed by atoms with Crippen LogP contribution in [0.2, 0.25) is 0 Å². The third-order valence-corrected chi connectivity index (χ3v) is 11.0. The molecule has 0 spiro atoms. The molecule has 2 bridgehead atoms. The average Bonchev–Trinajstić information content (AvgIpc) is 4.05. The fourth-order valence-corrected chi connectivity index (χ4v) is 8.07. The predicted molar refractivity (Wildman–Crippen MR) is 205 cm³/mol. The first kappa shape index (κ1) is 36.2. The Balaban J connectivity index is 0.966. The molecule has 3 aliphatic heterocycles. The van der Waals surface area contributed by atoms with Gasteiger partial charge in [-0.2, -0.15) is 0 Å². The van der Waals surface area contributed by atoms with Gasteiger partial charge in [0.05, 0.1) is 55.5 Å². The van der Waals surface area contributed by atoms with Gasteiger partial charge in [-0.15, -0.1) is 0 Å². The number of methoxy groups -OCH3 is 1. The van der Waals surface area contributed by atoms with E-state index in [4.69, 9.17) is 19.4 Å². The Hall–Kier alpha value is -5.82. The molecule has 3 aromatic heterocycles. The minimum Gasteiger partial charge on any atom is -0.453 e. The van der Waals surface area contributed by atoms with Crippen molar-refractivity contribution in [1.82, 2.24) is 40.0 Å². The van der Waals surface area contributed by atoms with Crippen LogP contribution in [0.15, 0.2) is 79.3 Å². The van der Waals surface area contributed by atoms with Crippen molar-refractivity contribution in [1.29, 1.82) is 0 Å². The van der Waals surface area contributed by atoms with E-state index >= 15 is 0 Å². The lowest BCUT2D eigenvalue weighted by atomic mass is 10.0. The Kier molecular flexibility index (Phi) is 10.7. The monoisotopic (exact) mass is 742 g/mol. The fraction of sp³-hybridized carbons (Fsp3) is 0.381. The van der Waals surface area contributed by atoms with Gasteiger partial charge in [-0.1, -0.05) is 54.6 Å². The molecule has 0 saturated carbocycles. The van der Waals surface area contributed by atoms with Crippen molar-refractivity contribution in [3.8, 4) is 33.6 Å². The van der Waals surface area contributed by atoms with Gasteiger partial charge < -0.3 is 34.6 Å². The van der Waals surface area contributed by atoms with E-state index in [-0.39, 0.29) is 23.9 Å². The highest BCUT2D eigenvalue weighted by molar-refractivity contribution is 5.86. The molecule has 5 aromatic rings. The molecule has 55 heavy (non-hydrogen) atoms. The second-order valence-corrected chi connectivity index (χ2v) is 14.5. The lowest BCUT2D eigenvalue weighted by Crippen LogP contribution is -2.48. The van der Waals surface area contributed by atoms with Crippen LogP contribution in [0.5, 0.6) is 0 Å². The van der Waals surface area contributed by atoms with Crippen molar-refractivity contribution in [2.24, 2.45) is 0 Å². The first-order valence-electron chi connectivity index (χ1n) is 19.2. The number of carbonyl (C=O) groups is 3. The number of likely N-dealkylation sites (tertiary alicyclic amines) is 1. The molecule has 2 fully saturated rings. The van der Waals surface area contributed by atoms with Gasteiger partial charge in [-0.3, -0.25) is 14.6 Å². The molecule has 3 N–H and O–H groups in total. The number of H-pyrrole nitrogens is 2. The minimum atomic E-state index is -0.662. The number of alkyl carbamates (subject to hydrolysis) is 1. The predicted octanol–water partition coefficient (Wildman–Crippen LogP) is 6.52. The van der Waals surface area contributed by atoms with Gasteiger partial charge in [-0.25, -0.2) is 14.8 Å². The largest absolute Gasteiger partial charge is 0.453 e. The Bertz CT molecular complexity index is 2110. The van der Waals surface area contributed by atoms with Crippen LogP contribution in [0.1, 0.15) is 79.9 Å². The summed E-state index contributed by atoms with van der Waals surface area (Å²) in [5.74, 6) is 1.52. The van der Waals surface area contributed by atoms with Gasteiger partial charge in [0, 0.05) is 37.7 Å². The third-order valence-electron chi connectivity index (χ3n) is 11.0. The first-order chi connectivity index (χ1) is 26.9. The van der Waals surface area contributed by atoms with Crippen LogP contribution in [0.25, 0.3) is 33.6 Å². The molecular weight excluding hydrogens is 697 g/mol. The molecule has 0 aliphatic carbocycles. The normalized spacial score (nSPS) is 20.3. The summed E-state index contributed by atoms with van der Waals surface area (Å²) in [6.45, 7) is 2.24. The van der Waals surface area contributed by atoms with Crippen LogP contribution in [0.4, 0.5) is 4.79 Å². The molecule has 13 heteroatoms. The molecule has 2 saturated heterocycles. The molecule has 3 amide bonds. The molecule has 2 aromatic carbocycles. The average molecular weight is 743 g/mol. The van der Waals surface area contributed by atoms with Gasteiger partial charge >= 0.3 is 6.09 Å². The zero-order valence-corrected chi connectivity index (χ0v) is 31.0. The number of nitrogens with zero attached hydrogens (tertiary/aromatic N) is 5. The lowest BCUT2D eigenvalue weighted by molar-refractivity contribution is -0.134. The molecule has 284 valence electrons. The zero-order chi connectivity index (χ0) is 37.7. The van der Waals surface area contributed by atoms with E-state index in [0.29, 0.717) is 32.6 Å². The number of ether oxygens (including phenoxy) is 2. The molecule has 6 heterocycles. The van der Waals surface area contributed by atoms with Gasteiger partial charge in [0.25, 0.3) is 0 Å². The van der Waals surface area contributed by atoms with Crippen LogP contribution >= 0.6 is 0 Å². The van der Waals surface area contributed by atoms with Crippen LogP contribution < -0.4 is 5.32 Å². The number of carbonyl (C=O) groups excluding carboxylic acids is 3. The number of amides is 3. The second kappa shape index (κ2) is 16.3. The molecule has 3 atom stereocenters. The number of imidazole rings is 2. The van der Waals surface area contributed by atoms with E-state index in [2.05, 4.69) is 68.8 Å². The van der Waals surface area contributed by atoms with Crippen LogP contribution in [0, 0.1) is 0 Å². The van der Waals surface area contributed by atoms with Crippen molar-refractivity contribution in [3.05, 3.63) is 102 Å². The zero-order valence-electron chi connectivity index (χ0n) is 31.0. The van der Waals surface area contributed by atoms with Crippen molar-refractivity contribution in [2.45, 2.75) is 76.1 Å². The topological polar surface area (TPSA) is 158 Å². The Morgan fingerprint density at radius 3 is 2.36 bits per heavy atom. The number of hydrogen-bond acceptors (Lipinski definition) is 8. The SMILES string of the molecule is COC(=O)N[C@H]1CCCCOCc2[nH]c(nc2-c2ccc(-c3ccc(-c4cnc([C@@H]5CCCN5C(=O)Cc5cccnc5)[nH]4)cc3)cc2)[C@@H]2CCCN2C1=O. The summed E-state index contributed by atoms with van der Waals surface area (Å²) in [4.78, 5) is 63.7. The summed E-state index contributed by atoms with van der Waals surface area (Å²) in [7, 11) is 1.31. The van der Waals surface area contributed by atoms with Gasteiger partial charge in [0.1, 0.15) is 17.7 Å². The number of aromatic amines is 2. The summed E-state index contributed by atoms with van der Waals surface area (Å²) in [6.07, 6.45) is 10.5. The maximum atomic E-state index is 13.7. The number of pyridine rings is 1. The molecule has 13 nitrogen and oxygen atoms in total. The summed E-state index contributed by atoms with van der Waals surface area (Å²) in [5, 5.41) is 2.75. The number of nitrogens with one attached hydrogen (secondary N) is 3. The highest BCUT2D eigenvalue weighted by Gasteiger charge is 2.37. The summed E-state index contributed by atoms with van der Waals surface area (Å²) in [5.41, 5.74) is 7.65. The van der Waals surface area contributed by atoms with E-state index in [1.54, 1.807) is 12.4 Å². The molecule has 8 rings (SSSR count). The van der Waals surface area contributed by atoms with Gasteiger partial charge in [0.15, 0.2) is 0 Å². The highest BCUT2D eigenvalue weighted by Crippen LogP contribution is 2.36. The lowest BCUT2D eigenvalue weighted by Gasteiger charge is -2.28. The molecule has 3 aliphatic rings. The van der Waals surface area contributed by atoms with Crippen LogP contribution in [-0.2, 0) is 32.1 Å². The van der Waals surface area contributed by atoms with Crippen molar-refractivity contribution >= 4 is 17.9 Å². The van der Waals surface area contributed by atoms with Crippen LogP contribution in [0.3, 0.4) is 0 Å². The standard InChI is InChI=1S/C42H46N8O5/c1-54-42(53)47-32-8-2-3-22-55-26-34-38(48-40(46-34)36-10-6-21-50(36)41(32)52)31-17-13-29(14-18-31)28-11-15-30(16-12-28)33-25-44-39(45-33)35-9-5-20-49(35)37(51)23-27-7-4-19-43-24-27/h4,7,11-19,24-25,32,35-36H,2-3,5-6,8-10,20-23,26H2,1H3,(H,44,45)(H,46,48)(H,47,53)/t32-,35-,36-/m0/s1. The number of hydrogen-bond donors (Lipinski definition) is 3. The maximum absolute atomic E-state index is 13.7. The maximum Gasteiger partial charge on any atom is 0.407 e. The van der Waals surface area contributed by atoms with Crippen LogP contribution in [-0.4, -0.2) is 85.5 Å². The Morgan fingerprint density at radius 2 is 1.60 bits per heavy atom. The van der Waals surface area contributed by atoms with Gasteiger partial charge in [0.2, 0.25) is 11.8 Å². The molecule has 0 radical (unpaired) electrons. The van der Waals surface area contributed by atoms with Gasteiger partial charge in [-0.05, 0) is 73.3 Å². The smallest absolute Gasteiger partial charge is 0.407 e. The van der Waals surface area contributed by atoms with E-state index < -0.39 is 12.1 Å². The highest BCUT2D eigenvalue weighted by atomic mass is 16.5. The Labute approximate surface area is 319 Å². The quantitative estimate of drug-likeness (QED) is 0.170. The fourth-order valence-electron chi connectivity index (χ4n) is 8.07. The van der Waals surface area contributed by atoms with E-state index in [9.17, 15) is 14.4 Å². The molecular formula is C42H46N8O5. The number of benzene rings is 2. The summed E-state index contributed by atoms with van der Waals surface area (Å²) < 4.78 is 10.9. The molecule has 0 unspecified atom stereocenters. The second-order valence-electron chi connectivity index (χ2n) is 14.5. The van der Waals surface area contributed by atoms with E-state index in [0.717, 1.165) is 102 Å². The summed E-state index contributed by atoms with van der Waals surface area (Å²) in [6, 6.07) is 19.6. The number of aromatic nitrogens is 5. The Morgan fingerprint density at radius 1 is 0.855 bits per heavy atom. The first-order valence-corrected chi connectivity index (χ1v) is 19.2. The third kappa shape index (κ3) is 7.88. The number of rotatable bonds is 7. The summed E-state index contributed by atoms with van der Waals surface area (Å²) >= 11 is 0. The van der Waals surface area contributed by atoms with Crippen molar-refractivity contribution in [2.75, 3.05) is 26.8 Å². The van der Waals surface area contributed by atoms with Crippen molar-refractivity contribution < 1.29 is 23.9 Å². The minimum absolute atomic E-state index is 0.0681.